The van der Waals surface area contributed by atoms with Crippen LogP contribution in [0.4, 0.5) is 10.3 Å². The molecule has 0 amide bonds. The first-order chi connectivity index (χ1) is 14.3. The molecule has 0 spiro atoms. The third kappa shape index (κ3) is 3.36. The number of nitrogens with one attached hydrogen (secondary N) is 2. The van der Waals surface area contributed by atoms with Gasteiger partial charge in [0.15, 0.2) is 0 Å². The Labute approximate surface area is 166 Å². The van der Waals surface area contributed by atoms with Gasteiger partial charge in [-0.1, -0.05) is 48.5 Å². The van der Waals surface area contributed by atoms with Crippen molar-refractivity contribution < 1.29 is 4.39 Å². The van der Waals surface area contributed by atoms with E-state index in [-0.39, 0.29) is 5.82 Å². The molecule has 5 nitrogen and oxygen atoms in total. The SMILES string of the molecule is Fc1ccccc1Cn1cc(/C=N/Nc2nc3ccccc3[nH]2)c2ccccc21. The fourth-order valence-corrected chi connectivity index (χ4v) is 3.49. The Bertz CT molecular complexity index is 1300. The highest BCUT2D eigenvalue weighted by molar-refractivity contribution is 5.99. The molecule has 0 fully saturated rings. The minimum Gasteiger partial charge on any atom is -0.342 e. The third-order valence-corrected chi connectivity index (χ3v) is 4.88. The van der Waals surface area contributed by atoms with Gasteiger partial charge >= 0.3 is 0 Å². The summed E-state index contributed by atoms with van der Waals surface area (Å²) in [6, 6.07) is 22.7. The molecule has 0 bridgehead atoms. The van der Waals surface area contributed by atoms with Crippen molar-refractivity contribution in [2.75, 3.05) is 5.43 Å². The van der Waals surface area contributed by atoms with E-state index in [0.29, 0.717) is 18.1 Å². The second-order valence-corrected chi connectivity index (χ2v) is 6.79. The second-order valence-electron chi connectivity index (χ2n) is 6.79. The van der Waals surface area contributed by atoms with Crippen molar-refractivity contribution in [1.29, 1.82) is 0 Å². The summed E-state index contributed by atoms with van der Waals surface area (Å²) in [7, 11) is 0. The molecule has 0 radical (unpaired) electrons. The Hall–Kier alpha value is -3.93. The molecule has 0 saturated heterocycles. The van der Waals surface area contributed by atoms with Crippen LogP contribution >= 0.6 is 0 Å². The van der Waals surface area contributed by atoms with Gasteiger partial charge in [-0.25, -0.2) is 14.8 Å². The van der Waals surface area contributed by atoms with Crippen molar-refractivity contribution in [3.8, 4) is 0 Å². The first-order valence-electron chi connectivity index (χ1n) is 9.33. The molecular weight excluding hydrogens is 365 g/mol. The fraction of sp³-hybridized carbons (Fsp3) is 0.0435. The predicted molar refractivity (Wildman–Crippen MR) is 115 cm³/mol. The molecule has 2 N–H and O–H groups in total. The van der Waals surface area contributed by atoms with Crippen LogP contribution in [0.15, 0.2) is 84.1 Å². The molecule has 2 heterocycles. The Balaban J connectivity index is 1.44. The van der Waals surface area contributed by atoms with E-state index in [1.165, 1.54) is 6.07 Å². The molecular formula is C23H18FN5. The molecule has 5 aromatic rings. The fourth-order valence-electron chi connectivity index (χ4n) is 3.49. The zero-order valence-electron chi connectivity index (χ0n) is 15.5. The number of fused-ring (bicyclic) bond motifs is 2. The van der Waals surface area contributed by atoms with Gasteiger partial charge in [0.1, 0.15) is 5.82 Å². The van der Waals surface area contributed by atoms with Gasteiger partial charge in [0, 0.05) is 28.2 Å². The summed E-state index contributed by atoms with van der Waals surface area (Å²) in [5.41, 5.74) is 7.40. The van der Waals surface area contributed by atoms with Gasteiger partial charge in [-0.15, -0.1) is 0 Å². The number of rotatable bonds is 5. The number of para-hydroxylation sites is 3. The number of hydrazone groups is 1. The number of imidazole rings is 1. The lowest BCUT2D eigenvalue weighted by molar-refractivity contribution is 0.602. The summed E-state index contributed by atoms with van der Waals surface area (Å²) in [5, 5.41) is 5.39. The number of aromatic nitrogens is 3. The smallest absolute Gasteiger partial charge is 0.222 e. The van der Waals surface area contributed by atoms with Gasteiger partial charge in [-0.2, -0.15) is 5.10 Å². The summed E-state index contributed by atoms with van der Waals surface area (Å²) in [6.45, 7) is 0.456. The van der Waals surface area contributed by atoms with Crippen LogP contribution in [0.3, 0.4) is 0 Å². The maximum atomic E-state index is 14.1. The largest absolute Gasteiger partial charge is 0.342 e. The van der Waals surface area contributed by atoms with Crippen LogP contribution in [0.5, 0.6) is 0 Å². The molecule has 5 rings (SSSR count). The maximum absolute atomic E-state index is 14.1. The first-order valence-corrected chi connectivity index (χ1v) is 9.33. The van der Waals surface area contributed by atoms with E-state index in [0.717, 1.165) is 27.5 Å². The lowest BCUT2D eigenvalue weighted by Crippen LogP contribution is -2.00. The monoisotopic (exact) mass is 383 g/mol. The molecule has 0 atom stereocenters. The number of hydrogen-bond donors (Lipinski definition) is 2. The van der Waals surface area contributed by atoms with E-state index in [1.54, 1.807) is 18.3 Å². The Kier molecular flexibility index (Phi) is 4.29. The lowest BCUT2D eigenvalue weighted by Gasteiger charge is -2.06. The van der Waals surface area contributed by atoms with Gasteiger partial charge in [-0.3, -0.25) is 0 Å². The van der Waals surface area contributed by atoms with Gasteiger partial charge in [0.05, 0.1) is 23.8 Å². The molecule has 0 aliphatic rings. The highest BCUT2D eigenvalue weighted by Crippen LogP contribution is 2.22. The van der Waals surface area contributed by atoms with Crippen LogP contribution in [0.25, 0.3) is 21.9 Å². The van der Waals surface area contributed by atoms with Crippen LogP contribution in [0, 0.1) is 5.82 Å². The topological polar surface area (TPSA) is 58.0 Å². The van der Waals surface area contributed by atoms with Crippen LogP contribution in [0.1, 0.15) is 11.1 Å². The van der Waals surface area contributed by atoms with E-state index in [2.05, 4.69) is 20.5 Å². The number of benzene rings is 3. The number of aromatic amines is 1. The molecule has 6 heteroatoms. The van der Waals surface area contributed by atoms with E-state index >= 15 is 0 Å². The quantitative estimate of drug-likeness (QED) is 0.326. The normalized spacial score (nSPS) is 11.6. The summed E-state index contributed by atoms with van der Waals surface area (Å²) < 4.78 is 16.1. The van der Waals surface area contributed by atoms with Crippen LogP contribution in [-0.4, -0.2) is 20.7 Å². The van der Waals surface area contributed by atoms with Crippen molar-refractivity contribution in [2.24, 2.45) is 5.10 Å². The molecule has 2 aromatic heterocycles. The summed E-state index contributed by atoms with van der Waals surface area (Å²) in [4.78, 5) is 7.63. The molecule has 3 aromatic carbocycles. The molecule has 0 unspecified atom stereocenters. The molecule has 0 aliphatic heterocycles. The summed E-state index contributed by atoms with van der Waals surface area (Å²) in [5.74, 6) is 0.379. The first kappa shape index (κ1) is 17.2. The van der Waals surface area contributed by atoms with Crippen molar-refractivity contribution in [1.82, 2.24) is 14.5 Å². The number of hydrogen-bond acceptors (Lipinski definition) is 3. The molecule has 0 aliphatic carbocycles. The number of H-pyrrole nitrogens is 1. The Morgan fingerprint density at radius 2 is 1.79 bits per heavy atom. The number of nitrogens with zero attached hydrogens (tertiary/aromatic N) is 3. The minimum absolute atomic E-state index is 0.202. The minimum atomic E-state index is -0.202. The van der Waals surface area contributed by atoms with Gasteiger partial charge < -0.3 is 9.55 Å². The Morgan fingerprint density at radius 1 is 1.00 bits per heavy atom. The summed E-state index contributed by atoms with van der Waals surface area (Å²) >= 11 is 0. The average molecular weight is 383 g/mol. The van der Waals surface area contributed by atoms with Gasteiger partial charge in [-0.05, 0) is 24.3 Å². The lowest BCUT2D eigenvalue weighted by atomic mass is 10.2. The van der Waals surface area contributed by atoms with Crippen molar-refractivity contribution in [2.45, 2.75) is 6.54 Å². The predicted octanol–water partition coefficient (Wildman–Crippen LogP) is 5.15. The number of anilines is 1. The summed E-state index contributed by atoms with van der Waals surface area (Å²) in [6.07, 6.45) is 3.74. The molecule has 0 saturated carbocycles. The maximum Gasteiger partial charge on any atom is 0.222 e. The van der Waals surface area contributed by atoms with Gasteiger partial charge in [0.25, 0.3) is 0 Å². The van der Waals surface area contributed by atoms with E-state index < -0.39 is 0 Å². The molecule has 29 heavy (non-hydrogen) atoms. The average Bonchev–Trinajstić information content (AvgIpc) is 3.31. The van der Waals surface area contributed by atoms with Crippen molar-refractivity contribution >= 4 is 34.1 Å². The Morgan fingerprint density at radius 3 is 2.69 bits per heavy atom. The number of halogens is 1. The van der Waals surface area contributed by atoms with Crippen LogP contribution < -0.4 is 5.43 Å². The zero-order valence-corrected chi connectivity index (χ0v) is 15.5. The standard InChI is InChI=1S/C23H18FN5/c24-19-9-3-1-7-16(19)14-29-15-17(18-8-2-6-12-22(18)29)13-25-28-23-26-20-10-4-5-11-21(20)27-23/h1-13,15H,14H2,(H2,26,27,28)/b25-13+. The van der Waals surface area contributed by atoms with Crippen LogP contribution in [0.2, 0.25) is 0 Å². The van der Waals surface area contributed by atoms with Crippen LogP contribution in [-0.2, 0) is 6.54 Å². The highest BCUT2D eigenvalue weighted by atomic mass is 19.1. The second kappa shape index (κ2) is 7.24. The zero-order chi connectivity index (χ0) is 19.6. The highest BCUT2D eigenvalue weighted by Gasteiger charge is 2.09. The molecule has 142 valence electrons. The van der Waals surface area contributed by atoms with E-state index in [4.69, 9.17) is 0 Å². The van der Waals surface area contributed by atoms with Crippen molar-refractivity contribution in [3.63, 3.8) is 0 Å². The van der Waals surface area contributed by atoms with Gasteiger partial charge in [0.2, 0.25) is 5.95 Å². The van der Waals surface area contributed by atoms with E-state index in [9.17, 15) is 4.39 Å². The van der Waals surface area contributed by atoms with E-state index in [1.807, 2.05) is 65.4 Å². The van der Waals surface area contributed by atoms with Crippen molar-refractivity contribution in [3.05, 3.63) is 95.9 Å². The third-order valence-electron chi connectivity index (χ3n) is 4.88.